The fourth-order valence-electron chi connectivity index (χ4n) is 6.17. The predicted octanol–water partition coefficient (Wildman–Crippen LogP) is 6.65. The summed E-state index contributed by atoms with van der Waals surface area (Å²) in [5.74, 6) is 0.105. The third-order valence-corrected chi connectivity index (χ3v) is 9.58. The van der Waals surface area contributed by atoms with Gasteiger partial charge in [0.25, 0.3) is 5.91 Å². The average molecular weight is 624 g/mol. The molecule has 2 bridgehead atoms. The van der Waals surface area contributed by atoms with Crippen molar-refractivity contribution in [3.05, 3.63) is 110 Å². The molecule has 1 amide bonds. The first-order chi connectivity index (χ1) is 20.5. The molecule has 2 atom stereocenters. The number of benzene rings is 3. The highest BCUT2D eigenvalue weighted by atomic mass is 35.5. The summed E-state index contributed by atoms with van der Waals surface area (Å²) in [5.41, 5.74) is 6.58. The van der Waals surface area contributed by atoms with Gasteiger partial charge < -0.3 is 20.9 Å². The molecule has 1 aliphatic carbocycles. The van der Waals surface area contributed by atoms with E-state index in [2.05, 4.69) is 46.3 Å². The first-order valence-corrected chi connectivity index (χ1v) is 16.1. The number of carbonyl (C=O) groups is 1. The van der Waals surface area contributed by atoms with Gasteiger partial charge in [-0.05, 0) is 84.7 Å². The number of piperazine rings is 1. The number of hydrogen-bond acceptors (Lipinski definition) is 4. The van der Waals surface area contributed by atoms with Crippen molar-refractivity contribution in [1.82, 2.24) is 20.9 Å². The van der Waals surface area contributed by atoms with Crippen molar-refractivity contribution in [1.29, 1.82) is 0 Å². The second kappa shape index (κ2) is 13.5. The summed E-state index contributed by atoms with van der Waals surface area (Å²) >= 11 is 19.0. The number of nitrogens with zero attached hydrogens (tertiary/aromatic N) is 1. The standard InChI is InChI=1S/C34H37Cl3N4O/c35-26-7-1-4-22(16-26)5-3-15-38-18-23-9-11-24(12-10-23)29-17-27-19-39-20-31(40-27)32(29)34(42)41(28-13-14-28)21-25-6-2-8-30(36)33(25)37/h1-2,4,6-12,16,27-28,31,38-40H,3,5,13-15,17-21H2. The van der Waals surface area contributed by atoms with E-state index in [4.69, 9.17) is 34.8 Å². The molecule has 42 heavy (non-hydrogen) atoms. The van der Waals surface area contributed by atoms with Gasteiger partial charge in [-0.1, -0.05) is 83.3 Å². The van der Waals surface area contributed by atoms with Crippen LogP contribution in [0.3, 0.4) is 0 Å². The van der Waals surface area contributed by atoms with Crippen LogP contribution in [0.5, 0.6) is 0 Å². The van der Waals surface area contributed by atoms with Crippen LogP contribution < -0.4 is 16.0 Å². The molecule has 2 aliphatic heterocycles. The van der Waals surface area contributed by atoms with Crippen molar-refractivity contribution in [2.45, 2.75) is 63.3 Å². The quantitative estimate of drug-likeness (QED) is 0.210. The fraction of sp³-hybridized carbons (Fsp3) is 0.382. The molecule has 3 aromatic carbocycles. The van der Waals surface area contributed by atoms with Crippen LogP contribution in [0.25, 0.3) is 5.57 Å². The Labute approximate surface area is 263 Å². The lowest BCUT2D eigenvalue weighted by molar-refractivity contribution is -0.128. The van der Waals surface area contributed by atoms with Crippen molar-refractivity contribution in [2.75, 3.05) is 19.6 Å². The van der Waals surface area contributed by atoms with Gasteiger partial charge >= 0.3 is 0 Å². The summed E-state index contributed by atoms with van der Waals surface area (Å²) < 4.78 is 0. The molecular weight excluding hydrogens is 587 g/mol. The number of hydrogen-bond donors (Lipinski definition) is 3. The molecule has 3 aliphatic rings. The number of halogens is 3. The van der Waals surface area contributed by atoms with E-state index in [0.717, 1.165) is 80.0 Å². The van der Waals surface area contributed by atoms with E-state index >= 15 is 0 Å². The topological polar surface area (TPSA) is 56.4 Å². The molecule has 0 aromatic heterocycles. The normalized spacial score (nSPS) is 20.1. The van der Waals surface area contributed by atoms with Gasteiger partial charge in [-0.25, -0.2) is 0 Å². The molecule has 2 fully saturated rings. The van der Waals surface area contributed by atoms with Crippen molar-refractivity contribution >= 4 is 46.3 Å². The Hall–Kier alpha value is -2.38. The maximum Gasteiger partial charge on any atom is 0.252 e. The molecule has 3 aromatic rings. The lowest BCUT2D eigenvalue weighted by atomic mass is 9.83. The Morgan fingerprint density at radius 2 is 1.76 bits per heavy atom. The minimum absolute atomic E-state index is 0.0167. The fourth-order valence-corrected chi connectivity index (χ4v) is 6.76. The number of fused-ring (bicyclic) bond motifs is 2. The Bertz CT molecular complexity index is 1450. The van der Waals surface area contributed by atoms with Gasteiger partial charge in [0.15, 0.2) is 0 Å². The van der Waals surface area contributed by atoms with E-state index in [0.29, 0.717) is 22.6 Å². The van der Waals surface area contributed by atoms with Crippen LogP contribution in [0.2, 0.25) is 15.1 Å². The summed E-state index contributed by atoms with van der Waals surface area (Å²) in [4.78, 5) is 16.4. The summed E-state index contributed by atoms with van der Waals surface area (Å²) in [6.45, 7) is 3.87. The molecule has 5 nitrogen and oxygen atoms in total. The molecule has 1 saturated heterocycles. The summed E-state index contributed by atoms with van der Waals surface area (Å²) in [5, 5.41) is 12.7. The monoisotopic (exact) mass is 622 g/mol. The maximum atomic E-state index is 14.4. The number of nitrogens with one attached hydrogen (secondary N) is 3. The van der Waals surface area contributed by atoms with E-state index in [-0.39, 0.29) is 18.0 Å². The second-order valence-corrected chi connectivity index (χ2v) is 12.9. The highest BCUT2D eigenvalue weighted by molar-refractivity contribution is 6.42. The predicted molar refractivity (Wildman–Crippen MR) is 173 cm³/mol. The second-order valence-electron chi connectivity index (χ2n) is 11.7. The molecule has 1 saturated carbocycles. The molecule has 8 heteroatoms. The van der Waals surface area contributed by atoms with Crippen LogP contribution in [-0.2, 0) is 24.3 Å². The Morgan fingerprint density at radius 1 is 0.952 bits per heavy atom. The van der Waals surface area contributed by atoms with Crippen LogP contribution in [-0.4, -0.2) is 48.6 Å². The van der Waals surface area contributed by atoms with E-state index in [1.54, 1.807) is 6.07 Å². The van der Waals surface area contributed by atoms with Crippen molar-refractivity contribution in [3.63, 3.8) is 0 Å². The number of aryl methyl sites for hydroxylation is 1. The van der Waals surface area contributed by atoms with Gasteiger partial charge in [0.2, 0.25) is 0 Å². The number of amides is 1. The van der Waals surface area contributed by atoms with Crippen LogP contribution in [0.4, 0.5) is 0 Å². The zero-order valence-electron chi connectivity index (χ0n) is 23.6. The third kappa shape index (κ3) is 7.05. The zero-order chi connectivity index (χ0) is 29.1. The highest BCUT2D eigenvalue weighted by Gasteiger charge is 2.41. The van der Waals surface area contributed by atoms with Crippen LogP contribution in [0.1, 0.15) is 47.9 Å². The zero-order valence-corrected chi connectivity index (χ0v) is 25.9. The Kier molecular flexibility index (Phi) is 9.54. The Balaban J connectivity index is 1.17. The molecular formula is C34H37Cl3N4O. The molecule has 2 heterocycles. The molecule has 2 unspecified atom stereocenters. The number of rotatable bonds is 11. The summed E-state index contributed by atoms with van der Waals surface area (Å²) in [6.07, 6.45) is 4.92. The first kappa shape index (κ1) is 29.7. The van der Waals surface area contributed by atoms with Crippen molar-refractivity contribution in [3.8, 4) is 0 Å². The molecule has 220 valence electrons. The minimum atomic E-state index is -0.0167. The molecule has 0 spiro atoms. The minimum Gasteiger partial charge on any atom is -0.331 e. The van der Waals surface area contributed by atoms with Gasteiger partial charge in [-0.15, -0.1) is 0 Å². The van der Waals surface area contributed by atoms with Crippen LogP contribution >= 0.6 is 34.8 Å². The first-order valence-electron chi connectivity index (χ1n) is 14.9. The Morgan fingerprint density at radius 3 is 2.55 bits per heavy atom. The SMILES string of the molecule is O=C(C1=C(c2ccc(CNCCCc3cccc(Cl)c3)cc2)CC2CNCC1N2)N(Cc1cccc(Cl)c1Cl)C1CC1. The van der Waals surface area contributed by atoms with Gasteiger partial charge in [0, 0.05) is 48.9 Å². The van der Waals surface area contributed by atoms with Crippen molar-refractivity contribution < 1.29 is 4.79 Å². The molecule has 6 rings (SSSR count). The van der Waals surface area contributed by atoms with E-state index < -0.39 is 0 Å². The van der Waals surface area contributed by atoms with E-state index in [1.807, 2.05) is 35.2 Å². The molecule has 3 N–H and O–H groups in total. The smallest absolute Gasteiger partial charge is 0.252 e. The summed E-state index contributed by atoms with van der Waals surface area (Å²) in [7, 11) is 0. The lowest BCUT2D eigenvalue weighted by Crippen LogP contribution is -2.60. The summed E-state index contributed by atoms with van der Waals surface area (Å²) in [6, 6.07) is 23.0. The molecule has 0 radical (unpaired) electrons. The average Bonchev–Trinajstić information content (AvgIpc) is 3.83. The van der Waals surface area contributed by atoms with Crippen LogP contribution in [0.15, 0.2) is 72.3 Å². The van der Waals surface area contributed by atoms with Crippen LogP contribution in [0, 0.1) is 0 Å². The van der Waals surface area contributed by atoms with Gasteiger partial charge in [0.1, 0.15) is 0 Å². The van der Waals surface area contributed by atoms with Gasteiger partial charge in [0.05, 0.1) is 16.1 Å². The van der Waals surface area contributed by atoms with E-state index in [1.165, 1.54) is 16.7 Å². The van der Waals surface area contributed by atoms with Gasteiger partial charge in [-0.2, -0.15) is 0 Å². The van der Waals surface area contributed by atoms with Gasteiger partial charge in [-0.3, -0.25) is 4.79 Å². The highest BCUT2D eigenvalue weighted by Crippen LogP contribution is 2.37. The number of carbonyl (C=O) groups excluding carboxylic acids is 1. The largest absolute Gasteiger partial charge is 0.331 e. The third-order valence-electron chi connectivity index (χ3n) is 8.49. The lowest BCUT2D eigenvalue weighted by Gasteiger charge is -2.41. The van der Waals surface area contributed by atoms with E-state index in [9.17, 15) is 4.79 Å². The maximum absolute atomic E-state index is 14.4. The van der Waals surface area contributed by atoms with Crippen molar-refractivity contribution in [2.24, 2.45) is 0 Å².